The highest BCUT2D eigenvalue weighted by molar-refractivity contribution is 5.79. The lowest BCUT2D eigenvalue weighted by molar-refractivity contribution is -0.159. The smallest absolute Gasteiger partial charge is 0.316 e. The van der Waals surface area contributed by atoms with Gasteiger partial charge in [-0.1, -0.05) is 462 Å². The Balaban J connectivity index is -0.000000190. The van der Waals surface area contributed by atoms with Gasteiger partial charge in [0.15, 0.2) is 0 Å². The molecule has 0 aromatic heterocycles. The van der Waals surface area contributed by atoms with Crippen LogP contribution in [0.3, 0.4) is 0 Å². The molecule has 0 radical (unpaired) electrons. The molecule has 7 unspecified atom stereocenters. The third kappa shape index (κ3) is 75.3. The van der Waals surface area contributed by atoms with E-state index in [9.17, 15) is 28.8 Å². The summed E-state index contributed by atoms with van der Waals surface area (Å²) in [5.74, 6) is 2.86. The molecule has 9 rings (SSSR count). The molecular formula is C124H199NO13. The fraction of sp³-hybridized carbons (Fsp3) is 0.508. The number of nitrogens with one attached hydrogen (secondary N) is 1. The molecule has 0 saturated carbocycles. The molecule has 138 heavy (non-hydrogen) atoms. The van der Waals surface area contributed by atoms with Crippen molar-refractivity contribution in [3.63, 3.8) is 0 Å². The van der Waals surface area contributed by atoms with Crippen LogP contribution in [0, 0.1) is 47.8 Å². The number of esters is 5. The lowest BCUT2D eigenvalue weighted by atomic mass is 9.90. The van der Waals surface area contributed by atoms with Gasteiger partial charge >= 0.3 is 29.8 Å². The van der Waals surface area contributed by atoms with E-state index in [-0.39, 0.29) is 65.0 Å². The Morgan fingerprint density at radius 3 is 0.862 bits per heavy atom. The quantitative estimate of drug-likeness (QED) is 0.0202. The molecule has 0 fully saturated rings. The van der Waals surface area contributed by atoms with Crippen LogP contribution in [0.4, 0.5) is 0 Å². The van der Waals surface area contributed by atoms with Crippen LogP contribution in [0.2, 0.25) is 0 Å². The first-order valence-corrected chi connectivity index (χ1v) is 51.7. The molecule has 1 amide bonds. The van der Waals surface area contributed by atoms with Crippen LogP contribution in [0.5, 0.6) is 11.5 Å². The van der Waals surface area contributed by atoms with Crippen LogP contribution in [0.15, 0.2) is 261 Å². The number of carbonyl (C=O) groups excluding carboxylic acids is 7. The molecule has 0 aliphatic carbocycles. The Hall–Kier alpha value is -10.7. The van der Waals surface area contributed by atoms with E-state index < -0.39 is 10.8 Å². The molecule has 14 heteroatoms. The zero-order valence-electron chi connectivity index (χ0n) is 94.7. The molecule has 0 bridgehead atoms. The summed E-state index contributed by atoms with van der Waals surface area (Å²) < 4.78 is 30.1. The minimum Gasteiger partial charge on any atom is -0.471 e. The molecule has 0 spiro atoms. The van der Waals surface area contributed by atoms with Gasteiger partial charge in [0.05, 0.1) is 35.2 Å². The van der Waals surface area contributed by atoms with Crippen LogP contribution >= 0.6 is 0 Å². The maximum Gasteiger partial charge on any atom is 0.316 e. The van der Waals surface area contributed by atoms with Crippen molar-refractivity contribution in [2.75, 3.05) is 7.11 Å². The first-order valence-electron chi connectivity index (χ1n) is 51.7. The van der Waals surface area contributed by atoms with Gasteiger partial charge in [0.25, 0.3) is 6.47 Å². The van der Waals surface area contributed by atoms with E-state index in [1.165, 1.54) is 59.8 Å². The highest BCUT2D eigenvalue weighted by atomic mass is 16.6. The number of benzene rings is 9. The standard InChI is InChI=1S/C14H21NO.C14H20O2.C13H18O2.2C12H16O2.C11H14O2.3C10H14.C2H4O2.8C2H6/c1-5-12(4)14(16)15-9-13-7-10(2)6-11(3)8-13;1-5-14(3,4)13(15)16-11(2)12-9-7-6-8-10-12;1-4-13(2,3)12(14)15-10-11-8-6-5-7-9-11;1-4-12(2,3)11(13)14-10-8-6-5-7-9-10;1-3-10(2)12(13)14-9-11-7-5-4-6-8-11;1-3-9(2)11(12)13-10-7-5-4-6-8-10;3*1-3-9(2)10-7-5-4-6-8-10;1-4-2-3;8*1-2/h6-8,12H,5,9H2,1-4H3,(H,15,16);6-11H,5H2,1-4H3;5-9H,4,10H2,1-3H3;5-9H,4H2,1-3H3;4-8,10H,3,9H2,1-2H3;4-9H,3H2,1-2H3;3*4-9H,3H2,1-2H3;2H,1H3;8*1-2H3. The highest BCUT2D eigenvalue weighted by Crippen LogP contribution is 2.28. The largest absolute Gasteiger partial charge is 0.471 e. The van der Waals surface area contributed by atoms with E-state index >= 15 is 0 Å². The second-order valence-corrected chi connectivity index (χ2v) is 32.4. The maximum atomic E-state index is 11.9. The first-order chi connectivity index (χ1) is 66.0. The molecule has 0 aliphatic heterocycles. The van der Waals surface area contributed by atoms with Crippen LogP contribution < -0.4 is 14.8 Å². The van der Waals surface area contributed by atoms with E-state index in [0.717, 1.165) is 55.2 Å². The molecule has 0 heterocycles. The van der Waals surface area contributed by atoms with E-state index in [1.54, 1.807) is 24.3 Å². The number of methoxy groups -OCH3 is 1. The van der Waals surface area contributed by atoms with Crippen molar-refractivity contribution in [3.05, 3.63) is 311 Å². The van der Waals surface area contributed by atoms with Gasteiger partial charge < -0.3 is 33.7 Å². The predicted octanol–water partition coefficient (Wildman–Crippen LogP) is 35.9. The van der Waals surface area contributed by atoms with Gasteiger partial charge in [-0.05, 0) is 201 Å². The van der Waals surface area contributed by atoms with E-state index in [1.807, 2.05) is 349 Å². The fourth-order valence-corrected chi connectivity index (χ4v) is 9.88. The third-order valence-corrected chi connectivity index (χ3v) is 21.1. The summed E-state index contributed by atoms with van der Waals surface area (Å²) in [6, 6.07) is 85.8. The number of rotatable bonds is 29. The molecule has 778 valence electrons. The topological polar surface area (TPSA) is 187 Å². The predicted molar refractivity (Wildman–Crippen MR) is 595 cm³/mol. The molecule has 0 aliphatic rings. The summed E-state index contributed by atoms with van der Waals surface area (Å²) in [5, 5.41) is 2.97. The van der Waals surface area contributed by atoms with Gasteiger partial charge in [-0.25, -0.2) is 0 Å². The van der Waals surface area contributed by atoms with Gasteiger partial charge in [0.2, 0.25) is 5.91 Å². The highest BCUT2D eigenvalue weighted by Gasteiger charge is 2.30. The Bertz CT molecular complexity index is 4050. The van der Waals surface area contributed by atoms with Crippen molar-refractivity contribution >= 4 is 42.2 Å². The third-order valence-electron chi connectivity index (χ3n) is 21.1. The fourth-order valence-electron chi connectivity index (χ4n) is 9.88. The normalized spacial score (nSPS) is 11.0. The molecule has 7 atom stereocenters. The molecule has 9 aromatic rings. The molecular weight excluding hydrogens is 1710 g/mol. The molecule has 14 nitrogen and oxygen atoms in total. The van der Waals surface area contributed by atoms with Gasteiger partial charge in [0.1, 0.15) is 30.8 Å². The number of hydrogen-bond donors (Lipinski definition) is 1. The Morgan fingerprint density at radius 1 is 0.312 bits per heavy atom. The second kappa shape index (κ2) is 97.9. The van der Waals surface area contributed by atoms with Gasteiger partial charge in [-0.3, -0.25) is 33.6 Å². The molecule has 0 saturated heterocycles. The summed E-state index contributed by atoms with van der Waals surface area (Å²) in [6.45, 7) is 82.3. The van der Waals surface area contributed by atoms with E-state index in [4.69, 9.17) is 28.5 Å². The minimum atomic E-state index is -0.407. The lowest BCUT2D eigenvalue weighted by Gasteiger charge is -2.23. The first kappa shape index (κ1) is 145. The van der Waals surface area contributed by atoms with Crippen molar-refractivity contribution in [2.24, 2.45) is 34.0 Å². The van der Waals surface area contributed by atoms with Crippen molar-refractivity contribution in [1.29, 1.82) is 0 Å². The van der Waals surface area contributed by atoms with Crippen LogP contribution in [-0.2, 0) is 72.3 Å². The van der Waals surface area contributed by atoms with Gasteiger partial charge in [0, 0.05) is 12.5 Å². The second-order valence-electron chi connectivity index (χ2n) is 32.4. The van der Waals surface area contributed by atoms with Crippen molar-refractivity contribution in [3.8, 4) is 11.5 Å². The number of hydrogen-bond acceptors (Lipinski definition) is 13. The SMILES string of the molecule is CC.CC.CC.CC.CC.CC.CC.CC.CCC(C)(C)C(=O)OC(C)c1ccccc1.CCC(C)(C)C(=O)OCc1ccccc1.CCC(C)(C)C(=O)Oc1ccccc1.CCC(C)C(=O)NCc1cc(C)cc(C)c1.CCC(C)C(=O)OCc1ccccc1.CCC(C)C(=O)Oc1ccccc1.CCC(C)c1ccccc1.CCC(C)c1ccccc1.CCC(C)c1ccccc1.COC=O. The molecule has 9 aromatic carbocycles. The average Bonchev–Trinajstić information content (AvgIpc) is 0.872. The van der Waals surface area contributed by atoms with Crippen molar-refractivity contribution in [1.82, 2.24) is 5.32 Å². The number of para-hydroxylation sites is 2. The number of aryl methyl sites for hydroxylation is 2. The number of ether oxygens (including phenoxy) is 6. The van der Waals surface area contributed by atoms with E-state index in [0.29, 0.717) is 55.5 Å². The number of amides is 1. The summed E-state index contributed by atoms with van der Waals surface area (Å²) in [7, 11) is 1.31. The summed E-state index contributed by atoms with van der Waals surface area (Å²) >= 11 is 0. The number of carbonyl (C=O) groups is 7. The average molecular weight is 1910 g/mol. The van der Waals surface area contributed by atoms with Crippen molar-refractivity contribution < 1.29 is 62.0 Å². The molecule has 1 N–H and O–H groups in total. The van der Waals surface area contributed by atoms with Crippen LogP contribution in [-0.4, -0.2) is 49.3 Å². The zero-order chi connectivity index (χ0) is 108. The maximum absolute atomic E-state index is 11.9. The van der Waals surface area contributed by atoms with Crippen molar-refractivity contribution in [2.45, 2.75) is 378 Å². The summed E-state index contributed by atoms with van der Waals surface area (Å²) in [4.78, 5) is 78.4. The minimum absolute atomic E-state index is 0.00119. The summed E-state index contributed by atoms with van der Waals surface area (Å²) in [5.41, 5.74) is 9.91. The van der Waals surface area contributed by atoms with Crippen LogP contribution in [0.25, 0.3) is 0 Å². The van der Waals surface area contributed by atoms with Gasteiger partial charge in [-0.15, -0.1) is 0 Å². The zero-order valence-corrected chi connectivity index (χ0v) is 94.7. The Kier molecular flexibility index (Phi) is 103. The Morgan fingerprint density at radius 2 is 0.572 bits per heavy atom. The van der Waals surface area contributed by atoms with E-state index in [2.05, 4.69) is 175 Å². The van der Waals surface area contributed by atoms with Crippen LogP contribution in [0.1, 0.15) is 395 Å². The summed E-state index contributed by atoms with van der Waals surface area (Å²) in [6.07, 6.45) is 8.38. The lowest BCUT2D eigenvalue weighted by Crippen LogP contribution is -2.28. The monoisotopic (exact) mass is 1910 g/mol. The Labute approximate surface area is 846 Å². The van der Waals surface area contributed by atoms with Gasteiger partial charge in [-0.2, -0.15) is 0 Å².